The highest BCUT2D eigenvalue weighted by Crippen LogP contribution is 2.33. The van der Waals surface area contributed by atoms with Crippen LogP contribution in [0.5, 0.6) is 5.75 Å². The third-order valence-corrected chi connectivity index (χ3v) is 8.34. The fourth-order valence-electron chi connectivity index (χ4n) is 4.15. The zero-order valence-electron chi connectivity index (χ0n) is 23.8. The van der Waals surface area contributed by atoms with Gasteiger partial charge in [0.05, 0.1) is 23.3 Å². The monoisotopic (exact) mass is 605 g/mol. The molecule has 2 amide bonds. The van der Waals surface area contributed by atoms with Crippen LogP contribution in [0.25, 0.3) is 0 Å². The highest BCUT2D eigenvalue weighted by Gasteiger charge is 2.35. The zero-order chi connectivity index (χ0) is 31.1. The molecule has 0 aromatic heterocycles. The van der Waals surface area contributed by atoms with Crippen LogP contribution in [0.15, 0.2) is 77.7 Å². The van der Waals surface area contributed by atoms with E-state index in [1.165, 1.54) is 37.1 Å². The number of rotatable bonds is 12. The minimum absolute atomic E-state index is 0.0856. The van der Waals surface area contributed by atoms with Gasteiger partial charge in [-0.25, -0.2) is 8.42 Å². The first kappa shape index (κ1) is 32.5. The van der Waals surface area contributed by atoms with E-state index >= 15 is 0 Å². The van der Waals surface area contributed by atoms with E-state index in [0.717, 1.165) is 17.7 Å². The van der Waals surface area contributed by atoms with Crippen molar-refractivity contribution in [2.75, 3.05) is 24.5 Å². The summed E-state index contributed by atoms with van der Waals surface area (Å²) in [5.74, 6) is -0.735. The number of amides is 2. The molecule has 0 bridgehead atoms. The molecule has 3 aromatic rings. The summed E-state index contributed by atoms with van der Waals surface area (Å²) in [6.45, 7) is 4.55. The number of hydrogen-bond acceptors (Lipinski definition) is 5. The van der Waals surface area contributed by atoms with E-state index in [4.69, 9.17) is 4.74 Å². The van der Waals surface area contributed by atoms with Crippen molar-refractivity contribution in [1.29, 1.82) is 0 Å². The largest absolute Gasteiger partial charge is 0.497 e. The van der Waals surface area contributed by atoms with E-state index in [0.29, 0.717) is 34.7 Å². The lowest BCUT2D eigenvalue weighted by atomic mass is 10.1. The first-order chi connectivity index (χ1) is 19.8. The molecule has 0 spiro atoms. The van der Waals surface area contributed by atoms with Crippen LogP contribution < -0.4 is 14.4 Å². The summed E-state index contributed by atoms with van der Waals surface area (Å²) in [6, 6.07) is 15.3. The summed E-state index contributed by atoms with van der Waals surface area (Å²) in [6.07, 6.45) is -4.09. The van der Waals surface area contributed by atoms with Gasteiger partial charge < -0.3 is 15.0 Å². The summed E-state index contributed by atoms with van der Waals surface area (Å²) in [4.78, 5) is 27.8. The van der Waals surface area contributed by atoms with Gasteiger partial charge in [-0.05, 0) is 68.3 Å². The molecule has 0 aliphatic heterocycles. The van der Waals surface area contributed by atoms with Crippen LogP contribution in [-0.4, -0.2) is 51.4 Å². The molecular formula is C30H34F3N3O5S. The van der Waals surface area contributed by atoms with Gasteiger partial charge in [-0.15, -0.1) is 0 Å². The molecule has 1 unspecified atom stereocenters. The van der Waals surface area contributed by atoms with Gasteiger partial charge >= 0.3 is 6.18 Å². The first-order valence-electron chi connectivity index (χ1n) is 13.2. The number of benzene rings is 3. The molecule has 0 fully saturated rings. The molecule has 226 valence electrons. The third kappa shape index (κ3) is 8.03. The molecule has 0 saturated heterocycles. The zero-order valence-corrected chi connectivity index (χ0v) is 24.6. The first-order valence-corrected chi connectivity index (χ1v) is 14.7. The van der Waals surface area contributed by atoms with Gasteiger partial charge in [-0.3, -0.25) is 13.9 Å². The van der Waals surface area contributed by atoms with Crippen molar-refractivity contribution in [3.63, 3.8) is 0 Å². The maximum atomic E-state index is 13.9. The van der Waals surface area contributed by atoms with Gasteiger partial charge in [0, 0.05) is 13.1 Å². The normalized spacial score (nSPS) is 12.4. The van der Waals surface area contributed by atoms with Crippen molar-refractivity contribution in [2.45, 2.75) is 50.9 Å². The summed E-state index contributed by atoms with van der Waals surface area (Å²) in [7, 11) is -3.03. The van der Waals surface area contributed by atoms with Gasteiger partial charge in [0.15, 0.2) is 0 Å². The van der Waals surface area contributed by atoms with Gasteiger partial charge in [0.2, 0.25) is 11.8 Å². The number of halogens is 3. The molecule has 0 aliphatic carbocycles. The van der Waals surface area contributed by atoms with Gasteiger partial charge in [-0.1, -0.05) is 42.8 Å². The Balaban J connectivity index is 2.09. The van der Waals surface area contributed by atoms with Crippen LogP contribution >= 0.6 is 0 Å². The maximum Gasteiger partial charge on any atom is 0.416 e. The molecule has 1 atom stereocenters. The number of nitrogens with zero attached hydrogens (tertiary/aromatic N) is 2. The van der Waals surface area contributed by atoms with E-state index in [1.807, 2.05) is 6.92 Å². The van der Waals surface area contributed by atoms with Crippen LogP contribution in [0.4, 0.5) is 18.9 Å². The Morgan fingerprint density at radius 1 is 1.00 bits per heavy atom. The second-order valence-electron chi connectivity index (χ2n) is 9.71. The lowest BCUT2D eigenvalue weighted by Gasteiger charge is -2.32. The topological polar surface area (TPSA) is 96.0 Å². The molecule has 42 heavy (non-hydrogen) atoms. The molecule has 0 radical (unpaired) electrons. The molecule has 8 nitrogen and oxygen atoms in total. The lowest BCUT2D eigenvalue weighted by Crippen LogP contribution is -2.51. The molecule has 3 aromatic carbocycles. The Labute approximate surface area is 244 Å². The summed E-state index contributed by atoms with van der Waals surface area (Å²) in [5, 5.41) is 2.73. The minimum Gasteiger partial charge on any atom is -0.497 e. The highest BCUT2D eigenvalue weighted by molar-refractivity contribution is 7.92. The minimum atomic E-state index is -4.75. The van der Waals surface area contributed by atoms with Gasteiger partial charge in [-0.2, -0.15) is 13.2 Å². The number of carbonyl (C=O) groups is 2. The summed E-state index contributed by atoms with van der Waals surface area (Å²) >= 11 is 0. The maximum absolute atomic E-state index is 13.9. The molecule has 0 aliphatic rings. The summed E-state index contributed by atoms with van der Waals surface area (Å²) < 4.78 is 74.3. The Bertz CT molecular complexity index is 1490. The number of anilines is 1. The van der Waals surface area contributed by atoms with Crippen molar-refractivity contribution >= 4 is 27.5 Å². The third-order valence-electron chi connectivity index (χ3n) is 6.55. The van der Waals surface area contributed by atoms with Crippen molar-refractivity contribution in [3.8, 4) is 5.75 Å². The van der Waals surface area contributed by atoms with Crippen LogP contribution in [0, 0.1) is 6.92 Å². The number of nitrogens with one attached hydrogen (secondary N) is 1. The number of hydrogen-bond donors (Lipinski definition) is 1. The molecule has 1 N–H and O–H groups in total. The molecule has 12 heteroatoms. The standard InChI is InChI=1S/C30H34F3N3O5S/c1-5-16-34-29(38)22(3)35(19-23-8-6-11-26(17-23)41-4)28(37)20-36(25-10-7-9-24(18-25)30(31,32)33)42(39,40)27-14-12-21(2)13-15-27/h6-15,17-18,22H,5,16,19-20H2,1-4H3,(H,34,38). The van der Waals surface area contributed by atoms with Crippen LogP contribution in [-0.2, 0) is 32.3 Å². The SMILES string of the molecule is CCCNC(=O)C(C)N(Cc1cccc(OC)c1)C(=O)CN(c1cccc(C(F)(F)F)c1)S(=O)(=O)c1ccc(C)cc1. The number of ether oxygens (including phenoxy) is 1. The number of carbonyl (C=O) groups excluding carboxylic acids is 2. The highest BCUT2D eigenvalue weighted by atomic mass is 32.2. The van der Waals surface area contributed by atoms with Crippen molar-refractivity contribution in [1.82, 2.24) is 10.2 Å². The number of methoxy groups -OCH3 is 1. The average molecular weight is 606 g/mol. The van der Waals surface area contributed by atoms with Crippen LogP contribution in [0.2, 0.25) is 0 Å². The fraction of sp³-hybridized carbons (Fsp3) is 0.333. The number of alkyl halides is 3. The van der Waals surface area contributed by atoms with E-state index in [9.17, 15) is 31.2 Å². The second kappa shape index (κ2) is 13.7. The van der Waals surface area contributed by atoms with Crippen LogP contribution in [0.1, 0.15) is 37.0 Å². The fourth-order valence-corrected chi connectivity index (χ4v) is 5.56. The molecule has 0 saturated carbocycles. The lowest BCUT2D eigenvalue weighted by molar-refractivity contribution is -0.139. The predicted octanol–water partition coefficient (Wildman–Crippen LogP) is 5.16. The quantitative estimate of drug-likeness (QED) is 0.308. The Kier molecular flexibility index (Phi) is 10.6. The molecule has 3 rings (SSSR count). The molecular weight excluding hydrogens is 571 g/mol. The number of sulfonamides is 1. The summed E-state index contributed by atoms with van der Waals surface area (Å²) in [5.41, 5.74) is -0.0443. The predicted molar refractivity (Wildman–Crippen MR) is 153 cm³/mol. The number of aryl methyl sites for hydroxylation is 1. The smallest absolute Gasteiger partial charge is 0.416 e. The Morgan fingerprint density at radius 3 is 2.29 bits per heavy atom. The second-order valence-corrected chi connectivity index (χ2v) is 11.6. The van der Waals surface area contributed by atoms with Crippen molar-refractivity contribution in [3.05, 3.63) is 89.5 Å². The van der Waals surface area contributed by atoms with Gasteiger partial charge in [0.25, 0.3) is 10.0 Å². The van der Waals surface area contributed by atoms with E-state index in [-0.39, 0.29) is 17.1 Å². The average Bonchev–Trinajstić information content (AvgIpc) is 2.96. The molecule has 0 heterocycles. The van der Waals surface area contributed by atoms with Crippen LogP contribution in [0.3, 0.4) is 0 Å². The van der Waals surface area contributed by atoms with E-state index in [1.54, 1.807) is 43.3 Å². The van der Waals surface area contributed by atoms with Gasteiger partial charge in [0.1, 0.15) is 18.3 Å². The van der Waals surface area contributed by atoms with E-state index < -0.39 is 46.2 Å². The van der Waals surface area contributed by atoms with Crippen molar-refractivity contribution in [2.24, 2.45) is 0 Å². The Hall–Kier alpha value is -4.06. The van der Waals surface area contributed by atoms with E-state index in [2.05, 4.69) is 5.32 Å². The van der Waals surface area contributed by atoms with Crippen molar-refractivity contribution < 1.29 is 35.9 Å². The Morgan fingerprint density at radius 2 is 1.67 bits per heavy atom.